The van der Waals surface area contributed by atoms with E-state index in [9.17, 15) is 9.90 Å². The van der Waals surface area contributed by atoms with Crippen molar-refractivity contribution < 1.29 is 14.6 Å². The second-order valence-electron chi connectivity index (χ2n) is 3.51. The molecule has 0 aromatic heterocycles. The number of methoxy groups -OCH3 is 1. The van der Waals surface area contributed by atoms with Crippen molar-refractivity contribution in [1.29, 1.82) is 0 Å². The van der Waals surface area contributed by atoms with E-state index in [0.29, 0.717) is 11.4 Å². The number of amides is 1. The van der Waals surface area contributed by atoms with Crippen molar-refractivity contribution in [3.63, 3.8) is 0 Å². The first-order chi connectivity index (χ1) is 7.58. The lowest BCUT2D eigenvalue weighted by atomic mass is 10.1. The second-order valence-corrected chi connectivity index (χ2v) is 3.51. The molecule has 0 aliphatic carbocycles. The van der Waals surface area contributed by atoms with Gasteiger partial charge in [0.15, 0.2) is 0 Å². The molecule has 5 heteroatoms. The van der Waals surface area contributed by atoms with Gasteiger partial charge >= 0.3 is 0 Å². The Labute approximate surface area is 94.2 Å². The molecule has 1 atom stereocenters. The highest BCUT2D eigenvalue weighted by Crippen LogP contribution is 2.27. The summed E-state index contributed by atoms with van der Waals surface area (Å²) in [6, 6.07) is 4.62. The van der Waals surface area contributed by atoms with Crippen LogP contribution in [0.3, 0.4) is 0 Å². The van der Waals surface area contributed by atoms with E-state index in [4.69, 9.17) is 10.5 Å². The van der Waals surface area contributed by atoms with Gasteiger partial charge in [-0.1, -0.05) is 6.92 Å². The normalized spacial score (nSPS) is 11.9. The van der Waals surface area contributed by atoms with E-state index in [-0.39, 0.29) is 24.1 Å². The van der Waals surface area contributed by atoms with E-state index in [1.165, 1.54) is 13.2 Å². The Morgan fingerprint density at radius 3 is 2.88 bits per heavy atom. The van der Waals surface area contributed by atoms with Crippen LogP contribution in [0.25, 0.3) is 0 Å². The van der Waals surface area contributed by atoms with E-state index >= 15 is 0 Å². The predicted octanol–water partition coefficient (Wildman–Crippen LogP) is 0.934. The van der Waals surface area contributed by atoms with Gasteiger partial charge in [-0.05, 0) is 12.1 Å². The summed E-state index contributed by atoms with van der Waals surface area (Å²) in [6.07, 6.45) is 0. The zero-order valence-corrected chi connectivity index (χ0v) is 9.36. The van der Waals surface area contributed by atoms with Gasteiger partial charge in [-0.2, -0.15) is 0 Å². The number of phenols is 1. The monoisotopic (exact) mass is 224 g/mol. The van der Waals surface area contributed by atoms with Crippen LogP contribution in [-0.4, -0.2) is 24.7 Å². The fourth-order valence-corrected chi connectivity index (χ4v) is 1.11. The van der Waals surface area contributed by atoms with E-state index in [1.807, 2.05) is 0 Å². The Balaban J connectivity index is 2.83. The zero-order chi connectivity index (χ0) is 12.1. The number of rotatable bonds is 4. The van der Waals surface area contributed by atoms with Gasteiger partial charge in [0.2, 0.25) is 5.91 Å². The predicted molar refractivity (Wildman–Crippen MR) is 61.5 cm³/mol. The van der Waals surface area contributed by atoms with Gasteiger partial charge < -0.3 is 20.9 Å². The number of ether oxygens (including phenoxy) is 1. The highest BCUT2D eigenvalue weighted by atomic mass is 16.5. The number of hydrogen-bond donors (Lipinski definition) is 3. The first-order valence-corrected chi connectivity index (χ1v) is 4.96. The fraction of sp³-hybridized carbons (Fsp3) is 0.364. The van der Waals surface area contributed by atoms with Crippen LogP contribution in [0.4, 0.5) is 5.69 Å². The topological polar surface area (TPSA) is 84.6 Å². The van der Waals surface area contributed by atoms with Crippen LogP contribution in [0.2, 0.25) is 0 Å². The highest BCUT2D eigenvalue weighted by Gasteiger charge is 2.13. The maximum atomic E-state index is 11.6. The number of aromatic hydroxyl groups is 1. The van der Waals surface area contributed by atoms with Crippen molar-refractivity contribution in [1.82, 2.24) is 0 Å². The third-order valence-corrected chi connectivity index (χ3v) is 2.26. The second kappa shape index (κ2) is 5.37. The lowest BCUT2D eigenvalue weighted by molar-refractivity contribution is -0.119. The molecular weight excluding hydrogens is 208 g/mol. The molecule has 0 heterocycles. The minimum atomic E-state index is -0.300. The molecule has 1 aromatic carbocycles. The first kappa shape index (κ1) is 12.3. The number of nitrogens with two attached hydrogens (primary N) is 1. The van der Waals surface area contributed by atoms with Crippen LogP contribution >= 0.6 is 0 Å². The third kappa shape index (κ3) is 2.87. The number of carbonyl (C=O) groups excluding carboxylic acids is 1. The highest BCUT2D eigenvalue weighted by molar-refractivity contribution is 5.94. The van der Waals surface area contributed by atoms with Crippen LogP contribution in [0.1, 0.15) is 6.92 Å². The largest absolute Gasteiger partial charge is 0.506 e. The molecule has 0 saturated heterocycles. The van der Waals surface area contributed by atoms with E-state index in [2.05, 4.69) is 5.32 Å². The van der Waals surface area contributed by atoms with Crippen molar-refractivity contribution in [2.75, 3.05) is 19.0 Å². The van der Waals surface area contributed by atoms with Crippen molar-refractivity contribution in [2.45, 2.75) is 6.92 Å². The summed E-state index contributed by atoms with van der Waals surface area (Å²) in [6.45, 7) is 1.98. The number of phenolic OH excluding ortho intramolecular Hbond substituents is 1. The summed E-state index contributed by atoms with van der Waals surface area (Å²) in [7, 11) is 1.51. The molecule has 1 unspecified atom stereocenters. The van der Waals surface area contributed by atoms with E-state index < -0.39 is 0 Å². The van der Waals surface area contributed by atoms with E-state index in [0.717, 1.165) is 0 Å². The van der Waals surface area contributed by atoms with Crippen LogP contribution in [0, 0.1) is 5.92 Å². The quantitative estimate of drug-likeness (QED) is 0.664. The van der Waals surface area contributed by atoms with Crippen molar-refractivity contribution in [2.24, 2.45) is 11.7 Å². The van der Waals surface area contributed by atoms with Crippen LogP contribution in [0.5, 0.6) is 11.5 Å². The molecule has 16 heavy (non-hydrogen) atoms. The van der Waals surface area contributed by atoms with Gasteiger partial charge in [0, 0.05) is 18.5 Å². The summed E-state index contributed by atoms with van der Waals surface area (Å²) in [5.74, 6) is 0.0310. The molecule has 0 aliphatic heterocycles. The molecule has 1 rings (SSSR count). The first-order valence-electron chi connectivity index (χ1n) is 4.96. The summed E-state index contributed by atoms with van der Waals surface area (Å²) < 4.78 is 4.99. The lowest BCUT2D eigenvalue weighted by Crippen LogP contribution is -2.26. The Kier molecular flexibility index (Phi) is 4.13. The Morgan fingerprint density at radius 2 is 2.31 bits per heavy atom. The Bertz CT molecular complexity index is 379. The molecule has 88 valence electrons. The van der Waals surface area contributed by atoms with Gasteiger partial charge in [-0.25, -0.2) is 0 Å². The van der Waals surface area contributed by atoms with Crippen LogP contribution < -0.4 is 15.8 Å². The van der Waals surface area contributed by atoms with Gasteiger partial charge in [0.05, 0.1) is 12.8 Å². The molecule has 0 bridgehead atoms. The average molecular weight is 224 g/mol. The van der Waals surface area contributed by atoms with Crippen LogP contribution in [0.15, 0.2) is 18.2 Å². The number of nitrogens with one attached hydrogen (secondary N) is 1. The Morgan fingerprint density at radius 1 is 1.62 bits per heavy atom. The summed E-state index contributed by atoms with van der Waals surface area (Å²) in [5, 5.41) is 12.1. The fourth-order valence-electron chi connectivity index (χ4n) is 1.11. The Hall–Kier alpha value is -1.75. The molecule has 0 fully saturated rings. The van der Waals surface area contributed by atoms with Crippen molar-refractivity contribution in [3.05, 3.63) is 18.2 Å². The summed E-state index contributed by atoms with van der Waals surface area (Å²) >= 11 is 0. The molecule has 0 radical (unpaired) electrons. The van der Waals surface area contributed by atoms with Gasteiger partial charge in [-0.15, -0.1) is 0 Å². The minimum absolute atomic E-state index is 0.00151. The molecule has 0 aliphatic rings. The minimum Gasteiger partial charge on any atom is -0.506 e. The average Bonchev–Trinajstić information content (AvgIpc) is 2.30. The third-order valence-electron chi connectivity index (χ3n) is 2.26. The van der Waals surface area contributed by atoms with Gasteiger partial charge in [-0.3, -0.25) is 4.79 Å². The van der Waals surface area contributed by atoms with E-state index in [1.54, 1.807) is 19.1 Å². The number of carbonyl (C=O) groups is 1. The number of anilines is 1. The molecule has 0 saturated carbocycles. The van der Waals surface area contributed by atoms with Crippen molar-refractivity contribution in [3.8, 4) is 11.5 Å². The number of benzene rings is 1. The van der Waals surface area contributed by atoms with Gasteiger partial charge in [0.1, 0.15) is 11.5 Å². The smallest absolute Gasteiger partial charge is 0.228 e. The molecule has 0 spiro atoms. The molecule has 1 aromatic rings. The molecule has 4 N–H and O–H groups in total. The molecule has 1 amide bonds. The van der Waals surface area contributed by atoms with Gasteiger partial charge in [0.25, 0.3) is 0 Å². The number of hydrogen-bond acceptors (Lipinski definition) is 4. The molecule has 5 nitrogen and oxygen atoms in total. The lowest BCUT2D eigenvalue weighted by Gasteiger charge is -2.12. The molecular formula is C11H16N2O3. The SMILES string of the molecule is COc1ccc(O)c(NC(=O)C(C)CN)c1. The maximum Gasteiger partial charge on any atom is 0.228 e. The summed E-state index contributed by atoms with van der Waals surface area (Å²) in [4.78, 5) is 11.6. The zero-order valence-electron chi connectivity index (χ0n) is 9.36. The standard InChI is InChI=1S/C11H16N2O3/c1-7(6-12)11(15)13-9-5-8(16-2)3-4-10(9)14/h3-5,7,14H,6,12H2,1-2H3,(H,13,15). The summed E-state index contributed by atoms with van der Waals surface area (Å²) in [5.41, 5.74) is 5.70. The van der Waals surface area contributed by atoms with Crippen LogP contribution in [-0.2, 0) is 4.79 Å². The maximum absolute atomic E-state index is 11.6. The van der Waals surface area contributed by atoms with Crippen molar-refractivity contribution >= 4 is 11.6 Å².